The summed E-state index contributed by atoms with van der Waals surface area (Å²) in [5, 5.41) is 9.56. The van der Waals surface area contributed by atoms with Crippen LogP contribution in [0.25, 0.3) is 0 Å². The number of carbonyl (C=O) groups excluding carboxylic acids is 1. The van der Waals surface area contributed by atoms with Gasteiger partial charge in [-0.3, -0.25) is 4.79 Å². The molecule has 0 radical (unpaired) electrons. The Morgan fingerprint density at radius 3 is 2.25 bits per heavy atom. The highest BCUT2D eigenvalue weighted by Crippen LogP contribution is 2.22. The van der Waals surface area contributed by atoms with Crippen molar-refractivity contribution in [3.05, 3.63) is 0 Å². The average molecular weight is 172 g/mol. The summed E-state index contributed by atoms with van der Waals surface area (Å²) in [6, 6.07) is 0. The molecule has 0 aliphatic rings. The second-order valence-electron chi connectivity index (χ2n) is 4.37. The number of carbonyl (C=O) groups is 1. The second-order valence-corrected chi connectivity index (χ2v) is 4.37. The molecule has 0 aromatic heterocycles. The van der Waals surface area contributed by atoms with Gasteiger partial charge >= 0.3 is 0 Å². The van der Waals surface area contributed by atoms with E-state index in [0.29, 0.717) is 12.8 Å². The lowest BCUT2D eigenvalue weighted by molar-refractivity contribution is -0.122. The van der Waals surface area contributed by atoms with E-state index in [-0.39, 0.29) is 11.2 Å². The first kappa shape index (κ1) is 11.6. The zero-order valence-electron chi connectivity index (χ0n) is 8.55. The van der Waals surface area contributed by atoms with Crippen LogP contribution in [-0.4, -0.2) is 17.0 Å². The first-order valence-corrected chi connectivity index (χ1v) is 4.57. The number of aliphatic hydroxyl groups is 1. The molecule has 0 aliphatic heterocycles. The van der Waals surface area contributed by atoms with E-state index in [1.165, 1.54) is 0 Å². The number of rotatable bonds is 4. The van der Waals surface area contributed by atoms with E-state index < -0.39 is 6.10 Å². The maximum Gasteiger partial charge on any atom is 0.135 e. The van der Waals surface area contributed by atoms with Gasteiger partial charge in [0.1, 0.15) is 5.78 Å². The predicted octanol–water partition coefficient (Wildman–Crippen LogP) is 2.15. The van der Waals surface area contributed by atoms with E-state index >= 15 is 0 Å². The molecule has 0 fully saturated rings. The van der Waals surface area contributed by atoms with Crippen LogP contribution in [0.15, 0.2) is 0 Å². The summed E-state index contributed by atoms with van der Waals surface area (Å²) in [5.41, 5.74) is -0.177. The maximum absolute atomic E-state index is 11.1. The molecule has 2 heteroatoms. The van der Waals surface area contributed by atoms with Crippen LogP contribution in [0.2, 0.25) is 0 Å². The van der Waals surface area contributed by atoms with Gasteiger partial charge in [-0.25, -0.2) is 0 Å². The summed E-state index contributed by atoms with van der Waals surface area (Å²) < 4.78 is 0. The summed E-state index contributed by atoms with van der Waals surface area (Å²) in [6.45, 7) is 7.80. The molecule has 0 aliphatic carbocycles. The fourth-order valence-electron chi connectivity index (χ4n) is 0.903. The second kappa shape index (κ2) is 4.61. The predicted molar refractivity (Wildman–Crippen MR) is 50.0 cm³/mol. The molecule has 0 spiro atoms. The molecule has 0 saturated carbocycles. The monoisotopic (exact) mass is 172 g/mol. The van der Waals surface area contributed by atoms with Crippen molar-refractivity contribution >= 4 is 5.78 Å². The van der Waals surface area contributed by atoms with Crippen LogP contribution in [0, 0.1) is 5.41 Å². The highest BCUT2D eigenvalue weighted by molar-refractivity contribution is 5.78. The largest absolute Gasteiger partial charge is 0.392 e. The summed E-state index contributed by atoms with van der Waals surface area (Å²) in [7, 11) is 0. The Morgan fingerprint density at radius 2 is 1.92 bits per heavy atom. The third-order valence-corrected chi connectivity index (χ3v) is 1.95. The molecule has 2 nitrogen and oxygen atoms in total. The Kier molecular flexibility index (Phi) is 4.46. The molecule has 0 amide bonds. The topological polar surface area (TPSA) is 37.3 Å². The third kappa shape index (κ3) is 4.50. The van der Waals surface area contributed by atoms with E-state index in [2.05, 4.69) is 0 Å². The molecule has 12 heavy (non-hydrogen) atoms. The van der Waals surface area contributed by atoms with Gasteiger partial charge in [0.05, 0.1) is 6.10 Å². The van der Waals surface area contributed by atoms with Crippen molar-refractivity contribution in [3.63, 3.8) is 0 Å². The summed E-state index contributed by atoms with van der Waals surface area (Å²) in [5.74, 6) is 0.167. The minimum Gasteiger partial charge on any atom is -0.392 e. The Labute approximate surface area is 75.0 Å². The fraction of sp³-hybridized carbons (Fsp3) is 0.900. The molecule has 0 bridgehead atoms. The molecule has 0 aromatic rings. The zero-order chi connectivity index (χ0) is 9.78. The fourth-order valence-corrected chi connectivity index (χ4v) is 0.903. The number of aliphatic hydroxyl groups excluding tert-OH is 1. The van der Waals surface area contributed by atoms with Crippen LogP contribution in [0.5, 0.6) is 0 Å². The molecule has 0 saturated heterocycles. The molecule has 1 N–H and O–H groups in total. The van der Waals surface area contributed by atoms with Crippen LogP contribution < -0.4 is 0 Å². The number of hydrogen-bond donors (Lipinski definition) is 1. The van der Waals surface area contributed by atoms with Crippen LogP contribution >= 0.6 is 0 Å². The average Bonchev–Trinajstić information content (AvgIpc) is 1.85. The lowest BCUT2D eigenvalue weighted by Crippen LogP contribution is -2.28. The van der Waals surface area contributed by atoms with Gasteiger partial charge in [0.2, 0.25) is 0 Å². The van der Waals surface area contributed by atoms with Crippen LogP contribution in [0.1, 0.15) is 47.0 Å². The Bertz CT molecular complexity index is 144. The van der Waals surface area contributed by atoms with Crippen molar-refractivity contribution in [2.24, 2.45) is 5.41 Å². The Balaban J connectivity index is 3.84. The third-order valence-electron chi connectivity index (χ3n) is 1.95. The number of ketones is 1. The lowest BCUT2D eigenvalue weighted by atomic mass is 9.86. The van der Waals surface area contributed by atoms with Crippen molar-refractivity contribution in [2.45, 2.75) is 53.1 Å². The lowest BCUT2D eigenvalue weighted by Gasteiger charge is -2.25. The Morgan fingerprint density at radius 1 is 1.42 bits per heavy atom. The first-order chi connectivity index (χ1) is 5.38. The van der Waals surface area contributed by atoms with Gasteiger partial charge < -0.3 is 5.11 Å². The van der Waals surface area contributed by atoms with E-state index in [9.17, 15) is 9.90 Å². The van der Waals surface area contributed by atoms with Crippen molar-refractivity contribution in [1.29, 1.82) is 0 Å². The van der Waals surface area contributed by atoms with Crippen LogP contribution in [0.4, 0.5) is 0 Å². The molecule has 0 rings (SSSR count). The van der Waals surface area contributed by atoms with E-state index in [1.807, 2.05) is 27.7 Å². The normalized spacial score (nSPS) is 14.4. The molecule has 72 valence electrons. The van der Waals surface area contributed by atoms with E-state index in [4.69, 9.17) is 0 Å². The molecular formula is C10H20O2. The quantitative estimate of drug-likeness (QED) is 0.705. The summed E-state index contributed by atoms with van der Waals surface area (Å²) in [4.78, 5) is 11.1. The zero-order valence-corrected chi connectivity index (χ0v) is 8.55. The van der Waals surface area contributed by atoms with E-state index in [0.717, 1.165) is 6.42 Å². The molecular weight excluding hydrogens is 152 g/mol. The minimum atomic E-state index is -0.503. The van der Waals surface area contributed by atoms with Gasteiger partial charge in [-0.2, -0.15) is 0 Å². The van der Waals surface area contributed by atoms with Gasteiger partial charge in [-0.1, -0.05) is 27.7 Å². The van der Waals surface area contributed by atoms with Crippen molar-refractivity contribution < 1.29 is 9.90 Å². The van der Waals surface area contributed by atoms with Gasteiger partial charge in [-0.15, -0.1) is 0 Å². The summed E-state index contributed by atoms with van der Waals surface area (Å²) in [6.07, 6.45) is 1.26. The van der Waals surface area contributed by atoms with Crippen molar-refractivity contribution in [2.75, 3.05) is 0 Å². The Hall–Kier alpha value is -0.370. The van der Waals surface area contributed by atoms with Crippen LogP contribution in [-0.2, 0) is 4.79 Å². The van der Waals surface area contributed by atoms with Gasteiger partial charge in [0.25, 0.3) is 0 Å². The van der Waals surface area contributed by atoms with E-state index in [1.54, 1.807) is 0 Å². The number of hydrogen-bond acceptors (Lipinski definition) is 2. The maximum atomic E-state index is 11.1. The van der Waals surface area contributed by atoms with Crippen LogP contribution in [0.3, 0.4) is 0 Å². The molecule has 0 aromatic carbocycles. The van der Waals surface area contributed by atoms with Crippen molar-refractivity contribution in [3.8, 4) is 0 Å². The minimum absolute atomic E-state index is 0.167. The molecule has 1 unspecified atom stereocenters. The van der Waals surface area contributed by atoms with Crippen molar-refractivity contribution in [1.82, 2.24) is 0 Å². The SMILES string of the molecule is CCCC(=O)CC(O)C(C)(C)C. The highest BCUT2D eigenvalue weighted by atomic mass is 16.3. The van der Waals surface area contributed by atoms with Gasteiger partial charge in [-0.05, 0) is 11.8 Å². The molecule has 0 heterocycles. The molecule has 1 atom stereocenters. The smallest absolute Gasteiger partial charge is 0.135 e. The van der Waals surface area contributed by atoms with Gasteiger partial charge in [0.15, 0.2) is 0 Å². The first-order valence-electron chi connectivity index (χ1n) is 4.57. The highest BCUT2D eigenvalue weighted by Gasteiger charge is 2.23. The van der Waals surface area contributed by atoms with Gasteiger partial charge in [0, 0.05) is 12.8 Å². The number of Topliss-reactive ketones (excluding diaryl/α,β-unsaturated/α-hetero) is 1. The standard InChI is InChI=1S/C10H20O2/c1-5-6-8(11)7-9(12)10(2,3)4/h9,12H,5-7H2,1-4H3. The summed E-state index contributed by atoms with van der Waals surface area (Å²) >= 11 is 0.